The summed E-state index contributed by atoms with van der Waals surface area (Å²) in [7, 11) is 0. The quantitative estimate of drug-likeness (QED) is 0.587. The van der Waals surface area contributed by atoms with Crippen LogP contribution in [0, 0.1) is 11.3 Å². The number of nitrogens with two attached hydrogens (primary N) is 1. The van der Waals surface area contributed by atoms with Crippen LogP contribution >= 0.6 is 0 Å². The maximum atomic E-state index is 13.0. The van der Waals surface area contributed by atoms with Gasteiger partial charge in [0.2, 0.25) is 5.91 Å². The van der Waals surface area contributed by atoms with E-state index in [1.807, 2.05) is 13.0 Å². The third-order valence-electron chi connectivity index (χ3n) is 6.83. The van der Waals surface area contributed by atoms with Gasteiger partial charge in [-0.25, -0.2) is 0 Å². The second-order valence-corrected chi connectivity index (χ2v) is 9.33. The minimum absolute atomic E-state index is 0.0964. The van der Waals surface area contributed by atoms with Crippen LogP contribution in [-0.4, -0.2) is 35.0 Å². The standard InChI is InChI=1S/C23H34N2O3/c1-13(2)11-18(24)21(27)25-10-6-7-16-14(3)12-17-19(16)15(4)23(8-9-23)22(5,28)20(17)26/h12-13,18,28H,6-11,24H2,1-5H3,(H,25,27)/t18-,22-/m0/s1. The largest absolute Gasteiger partial charge is 0.381 e. The molecule has 28 heavy (non-hydrogen) atoms. The van der Waals surface area contributed by atoms with Crippen LogP contribution < -0.4 is 11.1 Å². The highest BCUT2D eigenvalue weighted by molar-refractivity contribution is 6.10. The Morgan fingerprint density at radius 1 is 1.32 bits per heavy atom. The summed E-state index contributed by atoms with van der Waals surface area (Å²) in [5.41, 5.74) is 9.38. The van der Waals surface area contributed by atoms with Crippen molar-refractivity contribution in [2.24, 2.45) is 17.1 Å². The minimum Gasteiger partial charge on any atom is -0.381 e. The third-order valence-corrected chi connectivity index (χ3v) is 6.83. The average molecular weight is 387 g/mol. The van der Waals surface area contributed by atoms with Gasteiger partial charge in [-0.15, -0.1) is 0 Å². The smallest absolute Gasteiger partial charge is 0.236 e. The van der Waals surface area contributed by atoms with E-state index in [0.29, 0.717) is 24.5 Å². The highest BCUT2D eigenvalue weighted by Gasteiger charge is 2.64. The van der Waals surface area contributed by atoms with Crippen LogP contribution in [0.15, 0.2) is 33.9 Å². The van der Waals surface area contributed by atoms with Crippen LogP contribution in [0.5, 0.6) is 0 Å². The van der Waals surface area contributed by atoms with Gasteiger partial charge in [-0.2, -0.15) is 0 Å². The Labute approximate surface area is 168 Å². The highest BCUT2D eigenvalue weighted by Crippen LogP contribution is 2.65. The molecule has 0 bridgehead atoms. The number of rotatable bonds is 7. The van der Waals surface area contributed by atoms with Crippen molar-refractivity contribution in [1.82, 2.24) is 5.32 Å². The SMILES string of the molecule is CC1=C(CCCNC(=O)[C@@H](N)CC(C)C)C2=C(C)C3(CC3)[C@@](C)(O)C(=O)C2=C1. The van der Waals surface area contributed by atoms with E-state index in [1.165, 1.54) is 5.57 Å². The molecule has 0 aromatic heterocycles. The first-order valence-corrected chi connectivity index (χ1v) is 10.5. The first-order valence-electron chi connectivity index (χ1n) is 10.5. The lowest BCUT2D eigenvalue weighted by molar-refractivity contribution is -0.137. The van der Waals surface area contributed by atoms with Gasteiger partial charge in [0.05, 0.1) is 6.04 Å². The molecule has 3 aliphatic carbocycles. The lowest BCUT2D eigenvalue weighted by Crippen LogP contribution is -2.49. The number of nitrogens with one attached hydrogen (secondary N) is 1. The van der Waals surface area contributed by atoms with Crippen molar-refractivity contribution in [2.75, 3.05) is 6.54 Å². The van der Waals surface area contributed by atoms with Crippen molar-refractivity contribution in [3.63, 3.8) is 0 Å². The van der Waals surface area contributed by atoms with Crippen molar-refractivity contribution < 1.29 is 14.7 Å². The Balaban J connectivity index is 1.66. The summed E-state index contributed by atoms with van der Waals surface area (Å²) in [6.07, 6.45) is 5.93. The van der Waals surface area contributed by atoms with E-state index in [-0.39, 0.29) is 17.1 Å². The van der Waals surface area contributed by atoms with E-state index in [1.54, 1.807) is 6.92 Å². The molecule has 3 rings (SSSR count). The van der Waals surface area contributed by atoms with Gasteiger partial charge >= 0.3 is 0 Å². The van der Waals surface area contributed by atoms with Crippen molar-refractivity contribution >= 4 is 11.7 Å². The second kappa shape index (κ2) is 7.27. The van der Waals surface area contributed by atoms with Gasteiger partial charge in [-0.1, -0.05) is 19.4 Å². The molecule has 0 saturated heterocycles. The van der Waals surface area contributed by atoms with Gasteiger partial charge in [-0.05, 0) is 81.6 Å². The molecule has 5 heteroatoms. The Hall–Kier alpha value is -1.72. The predicted octanol–water partition coefficient (Wildman–Crippen LogP) is 2.94. The van der Waals surface area contributed by atoms with Crippen LogP contribution in [0.2, 0.25) is 0 Å². The summed E-state index contributed by atoms with van der Waals surface area (Å²) < 4.78 is 0. The zero-order chi connectivity index (χ0) is 20.9. The Kier molecular flexibility index (Phi) is 5.45. The summed E-state index contributed by atoms with van der Waals surface area (Å²) in [5.74, 6) is 0.149. The van der Waals surface area contributed by atoms with Gasteiger partial charge in [0.1, 0.15) is 5.60 Å². The number of hydrogen-bond donors (Lipinski definition) is 3. The van der Waals surface area contributed by atoms with Crippen LogP contribution in [0.3, 0.4) is 0 Å². The average Bonchev–Trinajstić information content (AvgIpc) is 3.36. The van der Waals surface area contributed by atoms with Gasteiger partial charge in [0, 0.05) is 17.5 Å². The maximum Gasteiger partial charge on any atom is 0.236 e. The fourth-order valence-electron chi connectivity index (χ4n) is 4.96. The number of amides is 1. The monoisotopic (exact) mass is 386 g/mol. The number of allylic oxidation sites excluding steroid dienone is 4. The fraction of sp³-hybridized carbons (Fsp3) is 0.652. The van der Waals surface area contributed by atoms with E-state index in [0.717, 1.165) is 42.4 Å². The molecule has 0 heterocycles. The molecule has 0 radical (unpaired) electrons. The Morgan fingerprint density at radius 2 is 1.96 bits per heavy atom. The predicted molar refractivity (Wildman–Crippen MR) is 110 cm³/mol. The zero-order valence-corrected chi connectivity index (χ0v) is 17.8. The van der Waals surface area contributed by atoms with E-state index >= 15 is 0 Å². The molecule has 4 N–H and O–H groups in total. The molecule has 2 atom stereocenters. The van der Waals surface area contributed by atoms with Gasteiger partial charge in [0.25, 0.3) is 0 Å². The molecule has 1 amide bonds. The molecule has 0 aromatic rings. The summed E-state index contributed by atoms with van der Waals surface area (Å²) in [6.45, 7) is 10.5. The van der Waals surface area contributed by atoms with E-state index in [2.05, 4.69) is 26.1 Å². The molecular formula is C23H34N2O3. The zero-order valence-electron chi connectivity index (χ0n) is 17.8. The normalized spacial score (nSPS) is 26.7. The lowest BCUT2D eigenvalue weighted by Gasteiger charge is -2.39. The van der Waals surface area contributed by atoms with Gasteiger partial charge in [0.15, 0.2) is 5.78 Å². The molecule has 1 spiro atoms. The first kappa shape index (κ1) is 21.0. The third kappa shape index (κ3) is 3.29. The van der Waals surface area contributed by atoms with E-state index < -0.39 is 11.6 Å². The second-order valence-electron chi connectivity index (χ2n) is 9.33. The molecule has 0 aromatic carbocycles. The molecular weight excluding hydrogens is 352 g/mol. The summed E-state index contributed by atoms with van der Waals surface area (Å²) in [4.78, 5) is 25.0. The fourth-order valence-corrected chi connectivity index (χ4v) is 4.96. The minimum atomic E-state index is -1.30. The molecule has 3 aliphatic rings. The lowest BCUT2D eigenvalue weighted by atomic mass is 9.67. The number of fused-ring (bicyclic) bond motifs is 1. The highest BCUT2D eigenvalue weighted by atomic mass is 16.3. The Morgan fingerprint density at radius 3 is 2.54 bits per heavy atom. The molecule has 1 saturated carbocycles. The molecule has 0 aliphatic heterocycles. The van der Waals surface area contributed by atoms with E-state index in [9.17, 15) is 14.7 Å². The number of carbonyl (C=O) groups excluding carboxylic acids is 2. The summed E-state index contributed by atoms with van der Waals surface area (Å²) in [5, 5.41) is 13.8. The van der Waals surface area contributed by atoms with Crippen molar-refractivity contribution in [1.29, 1.82) is 0 Å². The van der Waals surface area contributed by atoms with E-state index in [4.69, 9.17) is 5.73 Å². The molecule has 154 valence electrons. The molecule has 5 nitrogen and oxygen atoms in total. The topological polar surface area (TPSA) is 92.4 Å². The number of ketones is 1. The number of carbonyl (C=O) groups is 2. The first-order chi connectivity index (χ1) is 13.0. The van der Waals surface area contributed by atoms with Crippen LogP contribution in [0.4, 0.5) is 0 Å². The maximum absolute atomic E-state index is 13.0. The molecule has 1 fully saturated rings. The van der Waals surface area contributed by atoms with Crippen LogP contribution in [-0.2, 0) is 9.59 Å². The number of aliphatic hydroxyl groups is 1. The van der Waals surface area contributed by atoms with Crippen molar-refractivity contribution in [3.8, 4) is 0 Å². The summed E-state index contributed by atoms with van der Waals surface area (Å²) in [6, 6.07) is -0.460. The van der Waals surface area contributed by atoms with Gasteiger partial charge in [-0.3, -0.25) is 9.59 Å². The van der Waals surface area contributed by atoms with Crippen molar-refractivity contribution in [2.45, 2.75) is 78.4 Å². The van der Waals surface area contributed by atoms with Crippen LogP contribution in [0.1, 0.15) is 66.7 Å². The van der Waals surface area contributed by atoms with Crippen LogP contribution in [0.25, 0.3) is 0 Å². The van der Waals surface area contributed by atoms with Gasteiger partial charge < -0.3 is 16.2 Å². The number of Topliss-reactive ketones (excluding diaryl/α,β-unsaturated/α-hetero) is 1. The Bertz CT molecular complexity index is 795. The summed E-state index contributed by atoms with van der Waals surface area (Å²) >= 11 is 0. The molecule has 0 unspecified atom stereocenters. The number of hydrogen-bond acceptors (Lipinski definition) is 4. The van der Waals surface area contributed by atoms with Crippen molar-refractivity contribution in [3.05, 3.63) is 33.9 Å².